The normalized spacial score (nSPS) is 16.3. The number of rotatable bonds is 7. The summed E-state index contributed by atoms with van der Waals surface area (Å²) < 4.78 is 28.0. The maximum atomic E-state index is 13.4. The van der Waals surface area contributed by atoms with Crippen LogP contribution in [-0.4, -0.2) is 93.0 Å². The van der Waals surface area contributed by atoms with Crippen LogP contribution >= 0.6 is 11.6 Å². The Hall–Kier alpha value is -3.23. The predicted molar refractivity (Wildman–Crippen MR) is 145 cm³/mol. The van der Waals surface area contributed by atoms with Crippen LogP contribution in [0.5, 0.6) is 0 Å². The van der Waals surface area contributed by atoms with E-state index in [1.165, 1.54) is 10.2 Å². The topological polar surface area (TPSA) is 182 Å². The van der Waals surface area contributed by atoms with Crippen molar-refractivity contribution in [3.63, 3.8) is 0 Å². The Morgan fingerprint density at radius 2 is 1.64 bits per heavy atom. The van der Waals surface area contributed by atoms with E-state index in [4.69, 9.17) is 32.0 Å². The SMILES string of the molecule is Cc1ccc(S(=O)(=O)n2cc(C)c3cc(Cl)cnc32)cc1NC1CCN(C)CC1.O=C(O)[C@H](O)[C@@H](O)C(=O)O. The molecular formula is C25H31ClN4O8S. The molecule has 212 valence electrons. The smallest absolute Gasteiger partial charge is 0.335 e. The first-order valence-electron chi connectivity index (χ1n) is 12.0. The highest BCUT2D eigenvalue weighted by Crippen LogP contribution is 2.29. The predicted octanol–water partition coefficient (Wildman–Crippen LogP) is 1.93. The Morgan fingerprint density at radius 1 is 1.05 bits per heavy atom. The summed E-state index contributed by atoms with van der Waals surface area (Å²) in [4.78, 5) is 26.4. The molecule has 12 nitrogen and oxygen atoms in total. The van der Waals surface area contributed by atoms with Crippen molar-refractivity contribution in [2.24, 2.45) is 0 Å². The highest BCUT2D eigenvalue weighted by Gasteiger charge is 2.29. The number of nitrogens with one attached hydrogen (secondary N) is 1. The molecule has 0 radical (unpaired) electrons. The number of anilines is 1. The lowest BCUT2D eigenvalue weighted by Crippen LogP contribution is -2.39. The van der Waals surface area contributed by atoms with E-state index in [2.05, 4.69) is 22.2 Å². The molecule has 5 N–H and O–H groups in total. The number of carboxylic acids is 2. The van der Waals surface area contributed by atoms with Crippen molar-refractivity contribution in [2.75, 3.05) is 25.5 Å². The molecule has 4 rings (SSSR count). The number of aromatic nitrogens is 2. The van der Waals surface area contributed by atoms with Gasteiger partial charge in [0.25, 0.3) is 10.0 Å². The summed E-state index contributed by atoms with van der Waals surface area (Å²) in [6.45, 7) is 5.93. The Balaban J connectivity index is 0.000000360. The molecule has 1 saturated heterocycles. The second-order valence-corrected chi connectivity index (χ2v) is 11.7. The van der Waals surface area contributed by atoms with Crippen LogP contribution in [0.1, 0.15) is 24.0 Å². The maximum absolute atomic E-state index is 13.4. The average Bonchev–Trinajstić information content (AvgIpc) is 3.22. The summed E-state index contributed by atoms with van der Waals surface area (Å²) in [6.07, 6.45) is 0.623. The van der Waals surface area contributed by atoms with Gasteiger partial charge in [0.1, 0.15) is 0 Å². The van der Waals surface area contributed by atoms with Crippen LogP contribution in [0.15, 0.2) is 41.6 Å². The summed E-state index contributed by atoms with van der Waals surface area (Å²) in [7, 11) is -1.66. The third-order valence-corrected chi connectivity index (χ3v) is 8.28. The van der Waals surface area contributed by atoms with Gasteiger partial charge in [-0.15, -0.1) is 0 Å². The number of aliphatic carboxylic acids is 2. The third-order valence-electron chi connectivity index (χ3n) is 6.43. The fraction of sp³-hybridized carbons (Fsp3) is 0.400. The van der Waals surface area contributed by atoms with Gasteiger partial charge in [0.05, 0.1) is 9.92 Å². The van der Waals surface area contributed by atoms with E-state index in [9.17, 15) is 18.0 Å². The lowest BCUT2D eigenvalue weighted by molar-refractivity contribution is -0.165. The molecule has 1 aliphatic rings. The molecule has 2 aromatic heterocycles. The first-order valence-corrected chi connectivity index (χ1v) is 13.8. The second-order valence-electron chi connectivity index (χ2n) is 9.40. The number of aryl methyl sites for hydroxylation is 2. The van der Waals surface area contributed by atoms with Crippen molar-refractivity contribution < 1.29 is 38.4 Å². The molecule has 0 amide bonds. The number of halogens is 1. The zero-order valence-corrected chi connectivity index (χ0v) is 23.1. The Bertz CT molecular complexity index is 1450. The molecule has 39 heavy (non-hydrogen) atoms. The first-order chi connectivity index (χ1) is 18.2. The highest BCUT2D eigenvalue weighted by molar-refractivity contribution is 7.90. The number of carbonyl (C=O) groups is 2. The third kappa shape index (κ3) is 7.05. The molecule has 0 aliphatic carbocycles. The van der Waals surface area contributed by atoms with E-state index in [0.29, 0.717) is 16.7 Å². The molecule has 1 aliphatic heterocycles. The number of nitrogens with zero attached hydrogens (tertiary/aromatic N) is 3. The quantitative estimate of drug-likeness (QED) is 0.274. The number of aliphatic hydroxyl groups excluding tert-OH is 2. The summed E-state index contributed by atoms with van der Waals surface area (Å²) in [6, 6.07) is 7.34. The lowest BCUT2D eigenvalue weighted by atomic mass is 10.0. The lowest BCUT2D eigenvalue weighted by Gasteiger charge is -2.30. The molecule has 0 bridgehead atoms. The van der Waals surface area contributed by atoms with E-state index in [-0.39, 0.29) is 4.90 Å². The molecule has 0 unspecified atom stereocenters. The van der Waals surface area contributed by atoms with Gasteiger partial charge < -0.3 is 30.6 Å². The highest BCUT2D eigenvalue weighted by atomic mass is 35.5. The number of benzene rings is 1. The number of pyridine rings is 1. The number of hydrogen-bond donors (Lipinski definition) is 5. The standard InChI is InChI=1S/C21H25ClN4O2S.C4H6O6/c1-14-4-5-18(11-20(14)24-17-6-8-25(3)9-7-17)29(27,28)26-13-15(2)19-10-16(22)12-23-21(19)26;5-1(3(7)8)2(6)4(9)10/h4-5,10-13,17,24H,6-9H2,1-3H3;1-2,5-6H,(H,7,8)(H,9,10)/t;1-,2-/m.1/s1. The largest absolute Gasteiger partial charge is 0.479 e. The fourth-order valence-electron chi connectivity index (χ4n) is 4.06. The number of fused-ring (bicyclic) bond motifs is 1. The van der Waals surface area contributed by atoms with E-state index in [1.807, 2.05) is 19.9 Å². The second kappa shape index (κ2) is 12.3. The minimum atomic E-state index is -3.78. The van der Waals surface area contributed by atoms with Gasteiger partial charge in [-0.05, 0) is 76.2 Å². The minimum absolute atomic E-state index is 0.243. The van der Waals surface area contributed by atoms with Crippen molar-refractivity contribution in [2.45, 2.75) is 49.8 Å². The summed E-state index contributed by atoms with van der Waals surface area (Å²) >= 11 is 6.04. The van der Waals surface area contributed by atoms with Crippen LogP contribution in [0.3, 0.4) is 0 Å². The van der Waals surface area contributed by atoms with E-state index < -0.39 is 34.2 Å². The van der Waals surface area contributed by atoms with Gasteiger partial charge in [0.15, 0.2) is 17.9 Å². The molecule has 1 fully saturated rings. The van der Waals surface area contributed by atoms with Crippen LogP contribution in [0, 0.1) is 13.8 Å². The Kier molecular flexibility index (Phi) is 9.56. The van der Waals surface area contributed by atoms with Gasteiger partial charge in [-0.1, -0.05) is 17.7 Å². The van der Waals surface area contributed by atoms with Gasteiger partial charge in [-0.3, -0.25) is 0 Å². The van der Waals surface area contributed by atoms with Crippen LogP contribution in [0.2, 0.25) is 5.02 Å². The monoisotopic (exact) mass is 582 g/mol. The number of hydrogen-bond acceptors (Lipinski definition) is 9. The van der Waals surface area contributed by atoms with Gasteiger partial charge in [0.2, 0.25) is 0 Å². The average molecular weight is 583 g/mol. The van der Waals surface area contributed by atoms with Gasteiger partial charge in [0, 0.05) is 29.5 Å². The zero-order valence-electron chi connectivity index (χ0n) is 21.6. The number of piperidine rings is 1. The summed E-state index contributed by atoms with van der Waals surface area (Å²) in [5.41, 5.74) is 3.10. The summed E-state index contributed by atoms with van der Waals surface area (Å²) in [5.74, 6) is -3.54. The van der Waals surface area contributed by atoms with E-state index in [0.717, 1.165) is 48.1 Å². The zero-order chi connectivity index (χ0) is 29.1. The molecule has 14 heteroatoms. The van der Waals surface area contributed by atoms with Gasteiger partial charge in [-0.25, -0.2) is 27.0 Å². The molecule has 0 spiro atoms. The number of aliphatic hydroxyl groups is 2. The van der Waals surface area contributed by atoms with E-state index in [1.54, 1.807) is 24.4 Å². The molecular weight excluding hydrogens is 552 g/mol. The first kappa shape index (κ1) is 30.3. The minimum Gasteiger partial charge on any atom is -0.479 e. The van der Waals surface area contributed by atoms with Crippen molar-refractivity contribution in [3.8, 4) is 0 Å². The van der Waals surface area contributed by atoms with E-state index >= 15 is 0 Å². The Morgan fingerprint density at radius 3 is 2.21 bits per heavy atom. The van der Waals surface area contributed by atoms with Crippen molar-refractivity contribution in [1.29, 1.82) is 0 Å². The fourth-order valence-corrected chi connectivity index (χ4v) is 5.62. The molecule has 0 saturated carbocycles. The molecule has 3 aromatic rings. The molecule has 2 atom stereocenters. The van der Waals surface area contributed by atoms with Crippen molar-refractivity contribution in [1.82, 2.24) is 13.9 Å². The van der Waals surface area contributed by atoms with Crippen molar-refractivity contribution in [3.05, 3.63) is 52.8 Å². The van der Waals surface area contributed by atoms with Crippen LogP contribution in [-0.2, 0) is 19.6 Å². The van der Waals surface area contributed by atoms with Crippen LogP contribution in [0.4, 0.5) is 5.69 Å². The van der Waals surface area contributed by atoms with Crippen LogP contribution in [0.25, 0.3) is 11.0 Å². The van der Waals surface area contributed by atoms with Crippen molar-refractivity contribution >= 4 is 50.3 Å². The number of carboxylic acid groups (broad SMARTS) is 2. The maximum Gasteiger partial charge on any atom is 0.335 e. The Labute approximate surface area is 230 Å². The summed E-state index contributed by atoms with van der Waals surface area (Å²) in [5, 5.41) is 37.3. The number of likely N-dealkylation sites (tertiary alicyclic amines) is 1. The van der Waals surface area contributed by atoms with Crippen LogP contribution < -0.4 is 5.32 Å². The molecule has 3 heterocycles. The van der Waals surface area contributed by atoms with Gasteiger partial charge in [-0.2, -0.15) is 0 Å². The molecule has 1 aromatic carbocycles. The van der Waals surface area contributed by atoms with Gasteiger partial charge >= 0.3 is 11.9 Å².